The lowest BCUT2D eigenvalue weighted by molar-refractivity contribution is -0.138. The second-order valence-corrected chi connectivity index (χ2v) is 11.8. The van der Waals surface area contributed by atoms with Crippen LogP contribution in [0, 0.1) is 6.92 Å². The number of benzene rings is 2. The predicted octanol–water partition coefficient (Wildman–Crippen LogP) is 4.80. The first-order valence-electron chi connectivity index (χ1n) is 14.0. The Hall–Kier alpha value is -4.94. The molecule has 1 aliphatic rings. The summed E-state index contributed by atoms with van der Waals surface area (Å²) in [7, 11) is 3.08. The zero-order chi connectivity index (χ0) is 31.5. The van der Waals surface area contributed by atoms with E-state index in [1.165, 1.54) is 34.8 Å². The van der Waals surface area contributed by atoms with Gasteiger partial charge in [0.15, 0.2) is 26.5 Å². The average Bonchev–Trinajstić information content (AvgIpc) is 3.63. The lowest BCUT2D eigenvalue weighted by Crippen LogP contribution is -2.40. The predicted molar refractivity (Wildman–Crippen MR) is 170 cm³/mol. The molecule has 0 bridgehead atoms. The Balaban J connectivity index is 1.53. The van der Waals surface area contributed by atoms with Crippen molar-refractivity contribution in [2.24, 2.45) is 4.99 Å². The van der Waals surface area contributed by atoms with Crippen LogP contribution in [0.5, 0.6) is 11.5 Å². The lowest BCUT2D eigenvalue weighted by atomic mass is 9.93. The van der Waals surface area contributed by atoms with E-state index in [0.717, 1.165) is 11.3 Å². The van der Waals surface area contributed by atoms with Crippen molar-refractivity contribution in [1.82, 2.24) is 14.5 Å². The Morgan fingerprint density at radius 1 is 1.07 bits per heavy atom. The Bertz CT molecular complexity index is 2100. The number of aryl methyl sites for hydroxylation is 1. The van der Waals surface area contributed by atoms with Crippen LogP contribution in [-0.2, 0) is 9.53 Å². The highest BCUT2D eigenvalue weighted by molar-refractivity contribution is 7.99. The number of nitrogens with zero attached hydrogens (tertiary/aromatic N) is 4. The van der Waals surface area contributed by atoms with Gasteiger partial charge >= 0.3 is 5.97 Å². The number of methoxy groups -OCH3 is 2. The molecule has 12 heteroatoms. The molecule has 0 spiro atoms. The zero-order valence-corrected chi connectivity index (χ0v) is 26.5. The van der Waals surface area contributed by atoms with Crippen LogP contribution in [-0.4, -0.2) is 41.3 Å². The molecule has 228 valence electrons. The molecule has 0 aliphatic carbocycles. The molecule has 0 amide bonds. The van der Waals surface area contributed by atoms with Crippen molar-refractivity contribution in [3.8, 4) is 11.5 Å². The van der Waals surface area contributed by atoms with Crippen molar-refractivity contribution in [1.29, 1.82) is 0 Å². The molecule has 1 aliphatic heterocycles. The van der Waals surface area contributed by atoms with Gasteiger partial charge in [-0.1, -0.05) is 47.7 Å². The fourth-order valence-electron chi connectivity index (χ4n) is 4.94. The molecule has 5 aromatic rings. The first kappa shape index (κ1) is 30.1. The van der Waals surface area contributed by atoms with Crippen molar-refractivity contribution >= 4 is 40.8 Å². The van der Waals surface area contributed by atoms with Crippen LogP contribution in [0.15, 0.2) is 103 Å². The Morgan fingerprint density at radius 2 is 1.87 bits per heavy atom. The number of carbonyl (C=O) groups excluding carboxylic acids is 1. The Kier molecular flexibility index (Phi) is 8.67. The van der Waals surface area contributed by atoms with Gasteiger partial charge in [-0.2, -0.15) is 0 Å². The highest BCUT2D eigenvalue weighted by Gasteiger charge is 2.35. The number of hydrogen-bond donors (Lipinski definition) is 0. The molecule has 6 rings (SSSR count). The summed E-state index contributed by atoms with van der Waals surface area (Å²) in [5.41, 5.74) is 2.53. The first-order valence-corrected chi connectivity index (χ1v) is 15.6. The van der Waals surface area contributed by atoms with E-state index in [4.69, 9.17) is 23.6 Å². The van der Waals surface area contributed by atoms with Crippen LogP contribution in [0.4, 0.5) is 0 Å². The van der Waals surface area contributed by atoms with Gasteiger partial charge in [-0.05, 0) is 61.5 Å². The second kappa shape index (κ2) is 13.0. The summed E-state index contributed by atoms with van der Waals surface area (Å²) >= 11 is 2.50. The van der Waals surface area contributed by atoms with Gasteiger partial charge in [0.05, 0.1) is 42.7 Å². The van der Waals surface area contributed by atoms with E-state index in [0.29, 0.717) is 48.1 Å². The number of fused-ring (bicyclic) bond motifs is 1. The number of carbonyl (C=O) groups is 1. The number of esters is 1. The largest absolute Gasteiger partial charge is 0.493 e. The fraction of sp³-hybridized carbons (Fsp3) is 0.182. The third kappa shape index (κ3) is 6.06. The molecule has 0 fully saturated rings. The van der Waals surface area contributed by atoms with Gasteiger partial charge < -0.3 is 18.6 Å². The van der Waals surface area contributed by atoms with Crippen molar-refractivity contribution in [3.63, 3.8) is 0 Å². The first-order chi connectivity index (χ1) is 21.9. The molecule has 0 radical (unpaired) electrons. The number of rotatable bonds is 9. The summed E-state index contributed by atoms with van der Waals surface area (Å²) in [6.07, 6.45) is 3.37. The molecule has 4 heterocycles. The minimum absolute atomic E-state index is 0.153. The number of furan rings is 1. The minimum atomic E-state index is -0.862. The molecule has 2 aromatic carbocycles. The van der Waals surface area contributed by atoms with Gasteiger partial charge in [0, 0.05) is 23.5 Å². The second-order valence-electron chi connectivity index (χ2n) is 9.79. The quantitative estimate of drug-likeness (QED) is 0.165. The minimum Gasteiger partial charge on any atom is -0.493 e. The van der Waals surface area contributed by atoms with Crippen molar-refractivity contribution in [2.75, 3.05) is 20.8 Å². The third-order valence-corrected chi connectivity index (χ3v) is 8.72. The maximum atomic E-state index is 14.2. The normalized spacial score (nSPS) is 14.6. The van der Waals surface area contributed by atoms with Crippen LogP contribution < -0.4 is 24.4 Å². The Morgan fingerprint density at radius 3 is 2.60 bits per heavy atom. The molecule has 1 atom stereocenters. The smallest absolute Gasteiger partial charge is 0.338 e. The summed E-state index contributed by atoms with van der Waals surface area (Å²) in [6.45, 7) is 3.78. The van der Waals surface area contributed by atoms with Gasteiger partial charge in [0.1, 0.15) is 5.76 Å². The molecule has 0 saturated heterocycles. The molecule has 10 nitrogen and oxygen atoms in total. The average molecular weight is 641 g/mol. The van der Waals surface area contributed by atoms with Crippen molar-refractivity contribution in [3.05, 3.63) is 121 Å². The van der Waals surface area contributed by atoms with Crippen molar-refractivity contribution in [2.45, 2.75) is 30.1 Å². The van der Waals surface area contributed by atoms with Crippen LogP contribution in [0.2, 0.25) is 0 Å². The number of hydrogen-bond acceptors (Lipinski definition) is 11. The molecular weight excluding hydrogens is 613 g/mol. The van der Waals surface area contributed by atoms with E-state index >= 15 is 0 Å². The van der Waals surface area contributed by atoms with E-state index < -0.39 is 12.0 Å². The highest BCUT2D eigenvalue weighted by atomic mass is 32.2. The number of ether oxygens (including phenoxy) is 3. The monoisotopic (exact) mass is 640 g/mol. The lowest BCUT2D eigenvalue weighted by Gasteiger charge is -2.26. The standard InChI is InChI=1S/C33H28N4O6S2/c1-5-42-31(39)27-28(20-9-7-6-8-10-20)36-33-37(29(27)21-11-13-23(40-3)24(17-21)41-4)30(38)25(44-33)18-22-12-14-26(43-22)45-32-34-16-15-19(2)35-32/h6-18,29H,5H2,1-4H3/b25-18+/t29-/m0/s1. The highest BCUT2D eigenvalue weighted by Crippen LogP contribution is 2.38. The Labute approximate surface area is 266 Å². The summed E-state index contributed by atoms with van der Waals surface area (Å²) in [5.74, 6) is 0.879. The van der Waals surface area contributed by atoms with Gasteiger partial charge in [-0.25, -0.2) is 19.8 Å². The van der Waals surface area contributed by atoms with E-state index in [9.17, 15) is 9.59 Å². The van der Waals surface area contributed by atoms with Gasteiger partial charge in [-0.3, -0.25) is 9.36 Å². The van der Waals surface area contributed by atoms with E-state index in [-0.39, 0.29) is 17.7 Å². The van der Waals surface area contributed by atoms with Crippen LogP contribution in [0.3, 0.4) is 0 Å². The van der Waals surface area contributed by atoms with E-state index in [1.54, 1.807) is 56.6 Å². The summed E-state index contributed by atoms with van der Waals surface area (Å²) in [4.78, 5) is 41.8. The van der Waals surface area contributed by atoms with Crippen LogP contribution in [0.25, 0.3) is 11.8 Å². The maximum absolute atomic E-state index is 14.2. The van der Waals surface area contributed by atoms with Crippen molar-refractivity contribution < 1.29 is 23.4 Å². The maximum Gasteiger partial charge on any atom is 0.338 e. The molecule has 0 unspecified atom stereocenters. The molecule has 45 heavy (non-hydrogen) atoms. The summed E-state index contributed by atoms with van der Waals surface area (Å²) < 4.78 is 24.5. The number of aromatic nitrogens is 3. The van der Waals surface area contributed by atoms with Gasteiger partial charge in [0.2, 0.25) is 0 Å². The molecular formula is C33H28N4O6S2. The zero-order valence-electron chi connectivity index (χ0n) is 24.8. The van der Waals surface area contributed by atoms with Gasteiger partial charge in [0.25, 0.3) is 5.56 Å². The van der Waals surface area contributed by atoms with Crippen LogP contribution in [0.1, 0.15) is 35.5 Å². The fourth-order valence-corrected chi connectivity index (χ4v) is 6.68. The number of thiazole rings is 1. The summed E-state index contributed by atoms with van der Waals surface area (Å²) in [5, 5.41) is 1.14. The van der Waals surface area contributed by atoms with Gasteiger partial charge in [-0.15, -0.1) is 0 Å². The molecule has 0 saturated carbocycles. The summed E-state index contributed by atoms with van der Waals surface area (Å²) in [6, 6.07) is 19.2. The SMILES string of the molecule is CCOC(=O)C1=C(c2ccccc2)N=c2s/c(=C/c3ccc(Sc4nccc(C)n4)o3)c(=O)n2[C@H]1c1ccc(OC)c(OC)c1. The molecule has 3 aromatic heterocycles. The van der Waals surface area contributed by atoms with E-state index in [1.807, 2.05) is 43.3 Å². The van der Waals surface area contributed by atoms with E-state index in [2.05, 4.69) is 9.97 Å². The third-order valence-electron chi connectivity index (χ3n) is 6.94. The molecule has 0 N–H and O–H groups in total. The van der Waals surface area contributed by atoms with Crippen LogP contribution >= 0.6 is 23.1 Å². The topological polar surface area (TPSA) is 118 Å².